The van der Waals surface area contributed by atoms with E-state index in [0.29, 0.717) is 11.8 Å². The molecule has 0 aliphatic heterocycles. The second kappa shape index (κ2) is 8.28. The van der Waals surface area contributed by atoms with Gasteiger partial charge in [-0.15, -0.1) is 0 Å². The number of benzene rings is 7. The van der Waals surface area contributed by atoms with Crippen LogP contribution < -0.4 is 10.4 Å². The third kappa shape index (κ3) is 3.14. The van der Waals surface area contributed by atoms with E-state index in [1.807, 2.05) is 0 Å². The van der Waals surface area contributed by atoms with E-state index in [4.69, 9.17) is 0 Å². The summed E-state index contributed by atoms with van der Waals surface area (Å²) >= 11 is 0. The van der Waals surface area contributed by atoms with Crippen molar-refractivity contribution in [2.24, 2.45) is 0 Å². The second-order valence-corrected chi connectivity index (χ2v) is 11.3. The van der Waals surface area contributed by atoms with Gasteiger partial charge in [-0.3, -0.25) is 0 Å². The van der Waals surface area contributed by atoms with Crippen molar-refractivity contribution in [3.63, 3.8) is 0 Å². The van der Waals surface area contributed by atoms with E-state index >= 15 is 0 Å². The lowest BCUT2D eigenvalue weighted by molar-refractivity contribution is 0.834. The van der Waals surface area contributed by atoms with Crippen LogP contribution in [0.2, 0.25) is 0 Å². The van der Waals surface area contributed by atoms with E-state index in [0.717, 1.165) is 0 Å². The maximum atomic E-state index is 2.48. The number of rotatable bonds is 2. The van der Waals surface area contributed by atoms with Crippen molar-refractivity contribution in [3.05, 3.63) is 155 Å². The first-order valence-electron chi connectivity index (χ1n) is 14.2. The monoisotopic (exact) mass is 506 g/mol. The molecule has 7 aromatic rings. The summed E-state index contributed by atoms with van der Waals surface area (Å²) in [6, 6.07) is 49.5. The van der Waals surface area contributed by atoms with Gasteiger partial charge in [-0.05, 0) is 88.3 Å². The molecular weight excluding hydrogens is 480 g/mol. The lowest BCUT2D eigenvalue weighted by Crippen LogP contribution is -2.29. The van der Waals surface area contributed by atoms with Crippen molar-refractivity contribution < 1.29 is 0 Å². The summed E-state index contributed by atoms with van der Waals surface area (Å²) in [6.07, 6.45) is 4.97. The lowest BCUT2D eigenvalue weighted by Gasteiger charge is -2.18. The zero-order valence-corrected chi connectivity index (χ0v) is 22.0. The average Bonchev–Trinajstić information content (AvgIpc) is 3.33. The Labute approximate surface area is 233 Å². The van der Waals surface area contributed by atoms with Crippen LogP contribution in [0.25, 0.3) is 66.7 Å². The first-order valence-corrected chi connectivity index (χ1v) is 14.2. The zero-order chi connectivity index (χ0) is 26.2. The first-order chi connectivity index (χ1) is 19.8. The Balaban J connectivity index is 1.18. The van der Waals surface area contributed by atoms with Crippen LogP contribution in [-0.2, 0) is 0 Å². The molecule has 2 unspecified atom stereocenters. The van der Waals surface area contributed by atoms with E-state index in [1.165, 1.54) is 76.1 Å². The Hall–Kier alpha value is -4.94. The molecule has 0 saturated heterocycles. The molecule has 0 nitrogen and oxygen atoms in total. The van der Waals surface area contributed by atoms with E-state index < -0.39 is 0 Å². The Bertz CT molecular complexity index is 2240. The van der Waals surface area contributed by atoms with Gasteiger partial charge in [0.05, 0.1) is 0 Å². The maximum absolute atomic E-state index is 2.48. The fraction of sp³-hybridized carbons (Fsp3) is 0.0500. The SMILES string of the molecule is C1=c2ccccc2=CC2c3ccc(-c4cccc(-c5ccc6c(ccc7ccccc76)c5)c4)c4cccc(c34)C12. The Morgan fingerprint density at radius 3 is 1.90 bits per heavy atom. The molecule has 0 bridgehead atoms. The second-order valence-electron chi connectivity index (χ2n) is 11.3. The molecule has 2 aliphatic rings. The minimum atomic E-state index is 0.406. The van der Waals surface area contributed by atoms with E-state index in [1.54, 1.807) is 0 Å². The molecule has 2 atom stereocenters. The van der Waals surface area contributed by atoms with Gasteiger partial charge in [-0.1, -0.05) is 133 Å². The van der Waals surface area contributed by atoms with E-state index in [9.17, 15) is 0 Å². The van der Waals surface area contributed by atoms with Crippen molar-refractivity contribution in [1.29, 1.82) is 0 Å². The largest absolute Gasteiger partial charge is 0.0682 e. The molecule has 0 saturated carbocycles. The predicted molar refractivity (Wildman–Crippen MR) is 170 cm³/mol. The summed E-state index contributed by atoms with van der Waals surface area (Å²) < 4.78 is 0. The average molecular weight is 507 g/mol. The van der Waals surface area contributed by atoms with Crippen LogP contribution in [0.1, 0.15) is 23.0 Å². The quantitative estimate of drug-likeness (QED) is 0.205. The summed E-state index contributed by atoms with van der Waals surface area (Å²) in [5.74, 6) is 0.813. The van der Waals surface area contributed by atoms with Gasteiger partial charge in [0, 0.05) is 11.8 Å². The van der Waals surface area contributed by atoms with E-state index in [2.05, 4.69) is 146 Å². The van der Waals surface area contributed by atoms with Crippen LogP contribution in [0, 0.1) is 0 Å². The first kappa shape index (κ1) is 21.9. The van der Waals surface area contributed by atoms with Crippen molar-refractivity contribution in [2.45, 2.75) is 11.8 Å². The van der Waals surface area contributed by atoms with Crippen molar-refractivity contribution in [1.82, 2.24) is 0 Å². The van der Waals surface area contributed by atoms with Crippen LogP contribution in [-0.4, -0.2) is 0 Å². The van der Waals surface area contributed by atoms with Gasteiger partial charge >= 0.3 is 0 Å². The van der Waals surface area contributed by atoms with Crippen LogP contribution in [0.3, 0.4) is 0 Å². The zero-order valence-electron chi connectivity index (χ0n) is 22.0. The van der Waals surface area contributed by atoms with Crippen LogP contribution in [0.5, 0.6) is 0 Å². The molecule has 186 valence electrons. The summed E-state index contributed by atoms with van der Waals surface area (Å²) in [5, 5.41) is 10.7. The Kier molecular flexibility index (Phi) is 4.54. The summed E-state index contributed by atoms with van der Waals surface area (Å²) in [6.45, 7) is 0. The van der Waals surface area contributed by atoms with Crippen molar-refractivity contribution in [3.8, 4) is 22.3 Å². The van der Waals surface area contributed by atoms with Gasteiger partial charge in [-0.25, -0.2) is 0 Å². The molecule has 9 rings (SSSR count). The highest BCUT2D eigenvalue weighted by molar-refractivity contribution is 6.08. The highest BCUT2D eigenvalue weighted by Gasteiger charge is 2.33. The van der Waals surface area contributed by atoms with Gasteiger partial charge in [-0.2, -0.15) is 0 Å². The number of hydrogen-bond donors (Lipinski definition) is 0. The molecule has 40 heavy (non-hydrogen) atoms. The molecular formula is C40H26. The van der Waals surface area contributed by atoms with Gasteiger partial charge in [0.15, 0.2) is 0 Å². The maximum Gasteiger partial charge on any atom is 0.0137 e. The third-order valence-electron chi connectivity index (χ3n) is 9.18. The van der Waals surface area contributed by atoms with Crippen molar-refractivity contribution >= 4 is 44.5 Å². The molecule has 0 radical (unpaired) electrons. The summed E-state index contributed by atoms with van der Waals surface area (Å²) in [5.41, 5.74) is 8.01. The molecule has 0 aromatic heterocycles. The Morgan fingerprint density at radius 1 is 0.375 bits per heavy atom. The highest BCUT2D eigenvalue weighted by atomic mass is 14.4. The van der Waals surface area contributed by atoms with Crippen molar-refractivity contribution in [2.75, 3.05) is 0 Å². The van der Waals surface area contributed by atoms with Gasteiger partial charge in [0.25, 0.3) is 0 Å². The molecule has 7 aromatic carbocycles. The summed E-state index contributed by atoms with van der Waals surface area (Å²) in [7, 11) is 0. The number of fused-ring (bicyclic) bond motifs is 7. The molecule has 0 fully saturated rings. The normalized spacial score (nSPS) is 16.9. The standard InChI is InChI=1S/C40H26/c1-2-9-28-24-39-37-20-19-34(35-13-6-14-36(40(35)37)38(39)23-27(28)8-1)30-11-5-10-26(21-30)29-17-18-33-31(22-29)16-15-25-7-3-4-12-32(25)33/h1-24,38-39H. The predicted octanol–water partition coefficient (Wildman–Crippen LogP) is 8.94. The number of hydrogen-bond acceptors (Lipinski definition) is 0. The topological polar surface area (TPSA) is 0 Å². The fourth-order valence-electron chi connectivity index (χ4n) is 7.30. The minimum absolute atomic E-state index is 0.406. The lowest BCUT2D eigenvalue weighted by atomic mass is 9.85. The minimum Gasteiger partial charge on any atom is -0.0682 e. The molecule has 0 heteroatoms. The smallest absolute Gasteiger partial charge is 0.0137 e. The molecule has 0 spiro atoms. The molecule has 0 heterocycles. The third-order valence-corrected chi connectivity index (χ3v) is 9.18. The van der Waals surface area contributed by atoms with Gasteiger partial charge in [0.1, 0.15) is 0 Å². The molecule has 2 aliphatic carbocycles. The summed E-state index contributed by atoms with van der Waals surface area (Å²) in [4.78, 5) is 0. The Morgan fingerprint density at radius 2 is 1.02 bits per heavy atom. The highest BCUT2D eigenvalue weighted by Crippen LogP contribution is 2.50. The van der Waals surface area contributed by atoms with Crippen LogP contribution >= 0.6 is 0 Å². The van der Waals surface area contributed by atoms with Crippen LogP contribution in [0.4, 0.5) is 0 Å². The van der Waals surface area contributed by atoms with Crippen LogP contribution in [0.15, 0.2) is 133 Å². The van der Waals surface area contributed by atoms with Gasteiger partial charge < -0.3 is 0 Å². The van der Waals surface area contributed by atoms with E-state index in [-0.39, 0.29) is 0 Å². The molecule has 0 N–H and O–H groups in total. The van der Waals surface area contributed by atoms with Gasteiger partial charge in [0.2, 0.25) is 0 Å². The molecule has 0 amide bonds. The fourth-order valence-corrected chi connectivity index (χ4v) is 7.30.